The number of nitrogens with one attached hydrogen (secondary N) is 2. The average Bonchev–Trinajstić information content (AvgIpc) is 2.91. The summed E-state index contributed by atoms with van der Waals surface area (Å²) in [6, 6.07) is 2.67. The van der Waals surface area contributed by atoms with Crippen LogP contribution in [0.15, 0.2) is 6.07 Å². The van der Waals surface area contributed by atoms with Crippen LogP contribution in [0.25, 0.3) is 0 Å². The molecule has 1 aromatic rings. The second kappa shape index (κ2) is 7.59. The average molecular weight is 291 g/mol. The molecule has 1 atom stereocenters. The highest BCUT2D eigenvalue weighted by molar-refractivity contribution is 5.47. The van der Waals surface area contributed by atoms with E-state index in [1.807, 2.05) is 13.0 Å². The topological polar surface area (TPSA) is 53.1 Å². The SMILES string of the molecule is CCCNc1cc(NCC2CCN(C(C)C)C2)nc(C)n1. The monoisotopic (exact) mass is 291 g/mol. The summed E-state index contributed by atoms with van der Waals surface area (Å²) in [6.07, 6.45) is 2.37. The summed E-state index contributed by atoms with van der Waals surface area (Å²) >= 11 is 0. The van der Waals surface area contributed by atoms with Crippen LogP contribution >= 0.6 is 0 Å². The van der Waals surface area contributed by atoms with E-state index in [1.165, 1.54) is 19.5 Å². The minimum absolute atomic E-state index is 0.654. The molecule has 2 rings (SSSR count). The highest BCUT2D eigenvalue weighted by Crippen LogP contribution is 2.19. The number of rotatable bonds is 7. The van der Waals surface area contributed by atoms with Gasteiger partial charge in [-0.15, -0.1) is 0 Å². The van der Waals surface area contributed by atoms with E-state index in [4.69, 9.17) is 0 Å². The molecule has 5 heteroatoms. The summed E-state index contributed by atoms with van der Waals surface area (Å²) < 4.78 is 0. The van der Waals surface area contributed by atoms with Crippen molar-refractivity contribution >= 4 is 11.6 Å². The summed E-state index contributed by atoms with van der Waals surface area (Å²) in [5, 5.41) is 6.81. The highest BCUT2D eigenvalue weighted by Gasteiger charge is 2.23. The zero-order chi connectivity index (χ0) is 15.2. The second-order valence-corrected chi connectivity index (χ2v) is 6.24. The van der Waals surface area contributed by atoms with Crippen LogP contribution in [0.3, 0.4) is 0 Å². The minimum atomic E-state index is 0.654. The van der Waals surface area contributed by atoms with E-state index in [9.17, 15) is 0 Å². The van der Waals surface area contributed by atoms with Gasteiger partial charge < -0.3 is 15.5 Å². The van der Waals surface area contributed by atoms with E-state index >= 15 is 0 Å². The molecule has 1 unspecified atom stereocenters. The summed E-state index contributed by atoms with van der Waals surface area (Å²) in [7, 11) is 0. The predicted molar refractivity (Wildman–Crippen MR) is 88.9 cm³/mol. The first-order valence-corrected chi connectivity index (χ1v) is 8.16. The van der Waals surface area contributed by atoms with E-state index in [1.54, 1.807) is 0 Å². The smallest absolute Gasteiger partial charge is 0.131 e. The van der Waals surface area contributed by atoms with Gasteiger partial charge in [0.05, 0.1) is 0 Å². The van der Waals surface area contributed by atoms with Gasteiger partial charge in [0.25, 0.3) is 0 Å². The molecule has 0 aliphatic carbocycles. The first kappa shape index (κ1) is 16.0. The van der Waals surface area contributed by atoms with Gasteiger partial charge in [0.1, 0.15) is 17.5 Å². The first-order valence-electron chi connectivity index (χ1n) is 8.16. The summed E-state index contributed by atoms with van der Waals surface area (Å²) in [5.41, 5.74) is 0. The van der Waals surface area contributed by atoms with E-state index in [0.29, 0.717) is 6.04 Å². The number of aryl methyl sites for hydroxylation is 1. The van der Waals surface area contributed by atoms with Gasteiger partial charge in [-0.1, -0.05) is 6.92 Å². The van der Waals surface area contributed by atoms with E-state index in [-0.39, 0.29) is 0 Å². The van der Waals surface area contributed by atoms with Crippen LogP contribution in [0.1, 0.15) is 39.4 Å². The molecule has 0 spiro atoms. The fraction of sp³-hybridized carbons (Fsp3) is 0.750. The molecule has 0 radical (unpaired) electrons. The summed E-state index contributed by atoms with van der Waals surface area (Å²) in [5.74, 6) is 3.38. The van der Waals surface area contributed by atoms with Gasteiger partial charge in [-0.3, -0.25) is 0 Å². The van der Waals surface area contributed by atoms with E-state index in [0.717, 1.165) is 42.9 Å². The molecule has 1 fully saturated rings. The normalized spacial score (nSPS) is 19.2. The molecular weight excluding hydrogens is 262 g/mol. The molecule has 2 N–H and O–H groups in total. The van der Waals surface area contributed by atoms with Crippen molar-refractivity contribution in [3.8, 4) is 0 Å². The molecule has 0 bridgehead atoms. The third-order valence-electron chi connectivity index (χ3n) is 4.01. The lowest BCUT2D eigenvalue weighted by atomic mass is 10.1. The minimum Gasteiger partial charge on any atom is -0.370 e. The Labute approximate surface area is 128 Å². The van der Waals surface area contributed by atoms with Crippen molar-refractivity contribution in [2.45, 2.75) is 46.6 Å². The molecule has 0 aromatic carbocycles. The van der Waals surface area contributed by atoms with Crippen LogP contribution in [0.2, 0.25) is 0 Å². The van der Waals surface area contributed by atoms with Crippen molar-refractivity contribution in [1.82, 2.24) is 14.9 Å². The molecule has 1 aliphatic rings. The van der Waals surface area contributed by atoms with Crippen LogP contribution in [0.4, 0.5) is 11.6 Å². The Balaban J connectivity index is 1.87. The largest absolute Gasteiger partial charge is 0.370 e. The molecule has 118 valence electrons. The van der Waals surface area contributed by atoms with Crippen LogP contribution < -0.4 is 10.6 Å². The van der Waals surface area contributed by atoms with Crippen molar-refractivity contribution in [3.05, 3.63) is 11.9 Å². The number of nitrogens with zero attached hydrogens (tertiary/aromatic N) is 3. The van der Waals surface area contributed by atoms with Crippen molar-refractivity contribution in [2.75, 3.05) is 36.8 Å². The van der Waals surface area contributed by atoms with Crippen LogP contribution in [0.5, 0.6) is 0 Å². The summed E-state index contributed by atoms with van der Waals surface area (Å²) in [6.45, 7) is 13.0. The van der Waals surface area contributed by atoms with Crippen LogP contribution in [-0.4, -0.2) is 47.1 Å². The lowest BCUT2D eigenvalue weighted by Gasteiger charge is -2.20. The molecule has 2 heterocycles. The predicted octanol–water partition coefficient (Wildman–Crippen LogP) is 2.75. The zero-order valence-electron chi connectivity index (χ0n) is 13.8. The van der Waals surface area contributed by atoms with Crippen molar-refractivity contribution in [3.63, 3.8) is 0 Å². The third-order valence-corrected chi connectivity index (χ3v) is 4.01. The molecule has 0 amide bonds. The maximum Gasteiger partial charge on any atom is 0.131 e. The highest BCUT2D eigenvalue weighted by atomic mass is 15.2. The molecule has 1 aliphatic heterocycles. The Bertz CT molecular complexity index is 446. The van der Waals surface area contributed by atoms with Gasteiger partial charge in [-0.25, -0.2) is 9.97 Å². The second-order valence-electron chi connectivity index (χ2n) is 6.24. The fourth-order valence-corrected chi connectivity index (χ4v) is 2.75. The maximum absolute atomic E-state index is 4.48. The number of hydrogen-bond acceptors (Lipinski definition) is 5. The standard InChI is InChI=1S/C16H29N5/c1-5-7-17-15-9-16(20-13(4)19-15)18-10-14-6-8-21(11-14)12(2)3/h9,12,14H,5-8,10-11H2,1-4H3,(H2,17,18,19,20). The van der Waals surface area contributed by atoms with Gasteiger partial charge in [0.2, 0.25) is 0 Å². The molecular formula is C16H29N5. The van der Waals surface area contributed by atoms with E-state index in [2.05, 4.69) is 46.3 Å². The molecule has 21 heavy (non-hydrogen) atoms. The fourth-order valence-electron chi connectivity index (χ4n) is 2.75. The maximum atomic E-state index is 4.48. The van der Waals surface area contributed by atoms with Gasteiger partial charge in [-0.05, 0) is 46.1 Å². The Kier molecular flexibility index (Phi) is 5.79. The van der Waals surface area contributed by atoms with Crippen molar-refractivity contribution in [1.29, 1.82) is 0 Å². The van der Waals surface area contributed by atoms with Crippen molar-refractivity contribution in [2.24, 2.45) is 5.92 Å². The van der Waals surface area contributed by atoms with Crippen LogP contribution in [-0.2, 0) is 0 Å². The molecule has 5 nitrogen and oxygen atoms in total. The van der Waals surface area contributed by atoms with E-state index < -0.39 is 0 Å². The van der Waals surface area contributed by atoms with Gasteiger partial charge in [-0.2, -0.15) is 0 Å². The first-order chi connectivity index (χ1) is 10.1. The lowest BCUT2D eigenvalue weighted by molar-refractivity contribution is 0.266. The molecule has 0 saturated carbocycles. The molecule has 1 aromatic heterocycles. The lowest BCUT2D eigenvalue weighted by Crippen LogP contribution is -2.29. The Morgan fingerprint density at radius 2 is 2.00 bits per heavy atom. The van der Waals surface area contributed by atoms with Gasteiger partial charge in [0.15, 0.2) is 0 Å². The zero-order valence-corrected chi connectivity index (χ0v) is 13.8. The number of hydrogen-bond donors (Lipinski definition) is 2. The van der Waals surface area contributed by atoms with Gasteiger partial charge >= 0.3 is 0 Å². The quantitative estimate of drug-likeness (QED) is 0.809. The third kappa shape index (κ3) is 4.84. The number of likely N-dealkylation sites (tertiary alicyclic amines) is 1. The molecule has 1 saturated heterocycles. The number of aromatic nitrogens is 2. The van der Waals surface area contributed by atoms with Crippen molar-refractivity contribution < 1.29 is 0 Å². The summed E-state index contributed by atoms with van der Waals surface area (Å²) in [4.78, 5) is 11.4. The van der Waals surface area contributed by atoms with Gasteiger partial charge in [0, 0.05) is 31.7 Å². The Morgan fingerprint density at radius 3 is 2.62 bits per heavy atom. The Hall–Kier alpha value is -1.36. The number of anilines is 2. The Morgan fingerprint density at radius 1 is 1.29 bits per heavy atom. The van der Waals surface area contributed by atoms with Crippen LogP contribution in [0, 0.1) is 12.8 Å².